The molecule has 0 aromatic heterocycles. The second kappa shape index (κ2) is 12.2. The second-order valence-electron chi connectivity index (χ2n) is 9.10. The molecule has 1 fully saturated rings. The van der Waals surface area contributed by atoms with E-state index in [2.05, 4.69) is 33.8 Å². The van der Waals surface area contributed by atoms with Gasteiger partial charge in [0.1, 0.15) is 5.78 Å². The van der Waals surface area contributed by atoms with Crippen LogP contribution in [0.2, 0.25) is 0 Å². The lowest BCUT2D eigenvalue weighted by Gasteiger charge is -2.29. The van der Waals surface area contributed by atoms with Crippen molar-refractivity contribution in [2.24, 2.45) is 23.2 Å². The average Bonchev–Trinajstić information content (AvgIpc) is 2.88. The first kappa shape index (κ1) is 24.6. The Labute approximate surface area is 171 Å². The summed E-state index contributed by atoms with van der Waals surface area (Å²) in [5.41, 5.74) is -0.156. The summed E-state index contributed by atoms with van der Waals surface area (Å²) in [5.74, 6) is -0.0391. The van der Waals surface area contributed by atoms with E-state index in [-0.39, 0.29) is 23.7 Å². The van der Waals surface area contributed by atoms with Crippen LogP contribution in [0.1, 0.15) is 85.5 Å². The Bertz CT molecular complexity index is 547. The zero-order chi connectivity index (χ0) is 21.2. The summed E-state index contributed by atoms with van der Waals surface area (Å²) in [7, 11) is 0. The van der Waals surface area contributed by atoms with E-state index in [1.54, 1.807) is 0 Å². The number of aliphatic hydroxyl groups is 1. The highest BCUT2D eigenvalue weighted by Gasteiger charge is 2.38. The molecule has 28 heavy (non-hydrogen) atoms. The number of aliphatic hydroxyl groups excluding tert-OH is 1. The molecule has 0 unspecified atom stereocenters. The summed E-state index contributed by atoms with van der Waals surface area (Å²) in [6, 6.07) is 0. The van der Waals surface area contributed by atoms with Gasteiger partial charge in [-0.25, -0.2) is 0 Å². The number of rotatable bonds is 13. The summed E-state index contributed by atoms with van der Waals surface area (Å²) < 4.78 is 0. The van der Waals surface area contributed by atoms with Crippen molar-refractivity contribution in [1.82, 2.24) is 0 Å². The summed E-state index contributed by atoms with van der Waals surface area (Å²) in [5, 5.41) is 19.3. The maximum atomic E-state index is 12.4. The highest BCUT2D eigenvalue weighted by Crippen LogP contribution is 2.38. The lowest BCUT2D eigenvalue weighted by atomic mass is 9.80. The van der Waals surface area contributed by atoms with Crippen LogP contribution in [0, 0.1) is 23.2 Å². The van der Waals surface area contributed by atoms with Gasteiger partial charge in [-0.05, 0) is 42.9 Å². The second-order valence-corrected chi connectivity index (χ2v) is 9.10. The number of carbonyl (C=O) groups is 2. The molecule has 0 aromatic carbocycles. The molecule has 1 aliphatic rings. The van der Waals surface area contributed by atoms with E-state index < -0.39 is 12.1 Å². The highest BCUT2D eigenvalue weighted by molar-refractivity contribution is 5.84. The highest BCUT2D eigenvalue weighted by atomic mass is 16.4. The van der Waals surface area contributed by atoms with Gasteiger partial charge in [-0.3, -0.25) is 9.59 Å². The molecule has 0 spiro atoms. The minimum Gasteiger partial charge on any atom is -0.481 e. The Balaban J connectivity index is 2.62. The van der Waals surface area contributed by atoms with Crippen LogP contribution < -0.4 is 0 Å². The molecule has 1 saturated carbocycles. The van der Waals surface area contributed by atoms with Gasteiger partial charge in [-0.15, -0.1) is 0 Å². The Morgan fingerprint density at radius 2 is 1.96 bits per heavy atom. The van der Waals surface area contributed by atoms with E-state index >= 15 is 0 Å². The number of unbranched alkanes of at least 4 members (excludes halogenated alkanes) is 3. The van der Waals surface area contributed by atoms with Gasteiger partial charge < -0.3 is 10.2 Å². The van der Waals surface area contributed by atoms with E-state index in [0.29, 0.717) is 31.0 Å². The van der Waals surface area contributed by atoms with Crippen molar-refractivity contribution in [2.45, 2.75) is 91.6 Å². The fourth-order valence-electron chi connectivity index (χ4n) is 4.03. The molecule has 0 aliphatic heterocycles. The Hall–Kier alpha value is -1.42. The molecular formula is C24H40O4. The lowest BCUT2D eigenvalue weighted by molar-refractivity contribution is -0.137. The number of Topliss-reactive ketones (excluding diaryl/α,β-unsaturated/α-hetero) is 1. The molecule has 0 saturated heterocycles. The number of hydrogen-bond acceptors (Lipinski definition) is 3. The fraction of sp³-hybridized carbons (Fsp3) is 0.750. The van der Waals surface area contributed by atoms with Crippen molar-refractivity contribution in [3.63, 3.8) is 0 Å². The number of hydrogen-bond donors (Lipinski definition) is 2. The van der Waals surface area contributed by atoms with Gasteiger partial charge in [0.15, 0.2) is 0 Å². The van der Waals surface area contributed by atoms with E-state index in [9.17, 15) is 14.7 Å². The zero-order valence-electron chi connectivity index (χ0n) is 18.2. The Morgan fingerprint density at radius 3 is 2.61 bits per heavy atom. The van der Waals surface area contributed by atoms with Crippen molar-refractivity contribution in [2.75, 3.05) is 0 Å². The van der Waals surface area contributed by atoms with Gasteiger partial charge in [-0.1, -0.05) is 71.3 Å². The number of carbonyl (C=O) groups excluding carboxylic acids is 1. The smallest absolute Gasteiger partial charge is 0.303 e. The topological polar surface area (TPSA) is 74.6 Å². The first-order chi connectivity index (χ1) is 13.2. The molecule has 0 amide bonds. The normalized spacial score (nSPS) is 24.5. The van der Waals surface area contributed by atoms with Crippen LogP contribution in [0.25, 0.3) is 0 Å². The quantitative estimate of drug-likeness (QED) is 0.318. The van der Waals surface area contributed by atoms with Crippen molar-refractivity contribution < 1.29 is 19.8 Å². The van der Waals surface area contributed by atoms with Gasteiger partial charge in [0.05, 0.1) is 6.10 Å². The third kappa shape index (κ3) is 8.30. The summed E-state index contributed by atoms with van der Waals surface area (Å²) >= 11 is 0. The lowest BCUT2D eigenvalue weighted by Crippen LogP contribution is -2.28. The van der Waals surface area contributed by atoms with E-state index in [1.807, 2.05) is 18.2 Å². The molecular weight excluding hydrogens is 352 g/mol. The molecule has 4 heteroatoms. The fourth-order valence-corrected chi connectivity index (χ4v) is 4.03. The van der Waals surface area contributed by atoms with E-state index in [4.69, 9.17) is 5.11 Å². The summed E-state index contributed by atoms with van der Waals surface area (Å²) in [6.45, 7) is 8.52. The largest absolute Gasteiger partial charge is 0.481 e. The van der Waals surface area contributed by atoms with Crippen molar-refractivity contribution in [3.8, 4) is 0 Å². The number of ketones is 1. The molecule has 2 N–H and O–H groups in total. The SMILES string of the molecule is CCCCCC(C)(C)[C@@H](O)/C=C/[C@H]1[C@H](C)CC(=O)[C@@H]1C/C=C\CCCC(=O)O. The monoisotopic (exact) mass is 392 g/mol. The van der Waals surface area contributed by atoms with Gasteiger partial charge in [-0.2, -0.15) is 0 Å². The average molecular weight is 393 g/mol. The zero-order valence-corrected chi connectivity index (χ0v) is 18.2. The molecule has 0 bridgehead atoms. The molecule has 160 valence electrons. The third-order valence-corrected chi connectivity index (χ3v) is 6.12. The Kier molecular flexibility index (Phi) is 10.7. The van der Waals surface area contributed by atoms with E-state index in [0.717, 1.165) is 19.3 Å². The minimum absolute atomic E-state index is 0.0302. The maximum Gasteiger partial charge on any atom is 0.303 e. The van der Waals surface area contributed by atoms with Crippen LogP contribution in [0.15, 0.2) is 24.3 Å². The maximum absolute atomic E-state index is 12.4. The van der Waals surface area contributed by atoms with Crippen LogP contribution in [-0.2, 0) is 9.59 Å². The van der Waals surface area contributed by atoms with Crippen molar-refractivity contribution in [3.05, 3.63) is 24.3 Å². The molecule has 4 nitrogen and oxygen atoms in total. The number of allylic oxidation sites excluding steroid dienone is 3. The van der Waals surface area contributed by atoms with Crippen LogP contribution in [0.5, 0.6) is 0 Å². The number of carboxylic acid groups (broad SMARTS) is 1. The molecule has 0 heterocycles. The van der Waals surface area contributed by atoms with Crippen LogP contribution in [0.3, 0.4) is 0 Å². The molecule has 4 atom stereocenters. The number of carboxylic acids is 1. The minimum atomic E-state index is -0.769. The van der Waals surface area contributed by atoms with Gasteiger partial charge in [0, 0.05) is 18.8 Å². The van der Waals surface area contributed by atoms with Crippen molar-refractivity contribution in [1.29, 1.82) is 0 Å². The first-order valence-electron chi connectivity index (χ1n) is 10.9. The van der Waals surface area contributed by atoms with Gasteiger partial charge in [0.25, 0.3) is 0 Å². The molecule has 0 aromatic rings. The predicted octanol–water partition coefficient (Wildman–Crippen LogP) is 5.55. The van der Waals surface area contributed by atoms with Gasteiger partial charge in [0.2, 0.25) is 0 Å². The number of aliphatic carboxylic acids is 1. The van der Waals surface area contributed by atoms with E-state index in [1.165, 1.54) is 12.8 Å². The molecule has 0 radical (unpaired) electrons. The van der Waals surface area contributed by atoms with Crippen LogP contribution in [0.4, 0.5) is 0 Å². The summed E-state index contributed by atoms with van der Waals surface area (Å²) in [6.07, 6.45) is 14.8. The van der Waals surface area contributed by atoms with Crippen LogP contribution >= 0.6 is 0 Å². The van der Waals surface area contributed by atoms with Crippen LogP contribution in [-0.4, -0.2) is 28.1 Å². The predicted molar refractivity (Wildman–Crippen MR) is 114 cm³/mol. The van der Waals surface area contributed by atoms with Crippen molar-refractivity contribution >= 4 is 11.8 Å². The van der Waals surface area contributed by atoms with Gasteiger partial charge >= 0.3 is 5.97 Å². The molecule has 1 aliphatic carbocycles. The Morgan fingerprint density at radius 1 is 1.25 bits per heavy atom. The first-order valence-corrected chi connectivity index (χ1v) is 10.9. The standard InChI is InChI=1S/C24H40O4/c1-5-6-11-16-24(3,4)22(26)15-14-19-18(2)17-21(25)20(19)12-9-7-8-10-13-23(27)28/h7,9,14-15,18-20,22,26H,5-6,8,10-13,16-17H2,1-4H3,(H,27,28)/b9-7-,15-14+/t18-,19+,20-,22+/m1/s1. The molecule has 1 rings (SSSR count). The third-order valence-electron chi connectivity index (χ3n) is 6.12. The summed E-state index contributed by atoms with van der Waals surface area (Å²) in [4.78, 5) is 22.9.